The first-order chi connectivity index (χ1) is 12.0. The number of hydrogen-bond acceptors (Lipinski definition) is 4. The maximum absolute atomic E-state index is 12.5. The van der Waals surface area contributed by atoms with Gasteiger partial charge in [0.25, 0.3) is 0 Å². The van der Waals surface area contributed by atoms with E-state index in [1.807, 2.05) is 30.3 Å². The van der Waals surface area contributed by atoms with Gasteiger partial charge < -0.3 is 15.2 Å². The van der Waals surface area contributed by atoms with Crippen molar-refractivity contribution in [1.29, 1.82) is 0 Å². The van der Waals surface area contributed by atoms with Gasteiger partial charge in [0, 0.05) is 12.8 Å². The van der Waals surface area contributed by atoms with Gasteiger partial charge in [0.15, 0.2) is 0 Å². The number of ether oxygens (including phenoxy) is 1. The molecule has 1 aromatic rings. The second-order valence-electron chi connectivity index (χ2n) is 6.46. The first kappa shape index (κ1) is 17.2. The van der Waals surface area contributed by atoms with E-state index in [0.29, 0.717) is 25.7 Å². The Labute approximate surface area is 145 Å². The molecule has 2 aliphatic rings. The summed E-state index contributed by atoms with van der Waals surface area (Å²) < 4.78 is 5.64. The number of allylic oxidation sites excluding steroid dienone is 2. The number of amides is 1. The van der Waals surface area contributed by atoms with Gasteiger partial charge in [-0.1, -0.05) is 36.4 Å². The van der Waals surface area contributed by atoms with Crippen LogP contribution in [0.3, 0.4) is 0 Å². The van der Waals surface area contributed by atoms with Crippen LogP contribution in [-0.4, -0.2) is 29.1 Å². The standard InChI is InChI=1S/C19H21NO5/c21-16-9-3-1-2-7-13(11-17(22)23)19(24)25-15-10-12-6-4-5-8-14(12)18(15)20-16/h1-2,4-6,8,13,15,18H,3,7,9-11H2,(H,20,21)(H,22,23)/b2-1-/t13-,15-,18+/m0/s1. The minimum atomic E-state index is -1.03. The minimum Gasteiger partial charge on any atom is -0.481 e. The van der Waals surface area contributed by atoms with E-state index >= 15 is 0 Å². The summed E-state index contributed by atoms with van der Waals surface area (Å²) in [6.07, 6.45) is 4.51. The van der Waals surface area contributed by atoms with Crippen molar-refractivity contribution < 1.29 is 24.2 Å². The molecule has 1 aliphatic carbocycles. The summed E-state index contributed by atoms with van der Waals surface area (Å²) in [5.74, 6) is -2.35. The largest absolute Gasteiger partial charge is 0.481 e. The monoisotopic (exact) mass is 343 g/mol. The average Bonchev–Trinajstić information content (AvgIpc) is 2.89. The molecule has 1 heterocycles. The number of hydrogen-bond donors (Lipinski definition) is 2. The summed E-state index contributed by atoms with van der Waals surface area (Å²) in [7, 11) is 0. The Morgan fingerprint density at radius 1 is 1.24 bits per heavy atom. The Hall–Kier alpha value is -2.63. The van der Waals surface area contributed by atoms with Crippen molar-refractivity contribution in [3.05, 3.63) is 47.5 Å². The topological polar surface area (TPSA) is 92.7 Å². The lowest BCUT2D eigenvalue weighted by atomic mass is 10.0. The number of benzene rings is 1. The molecular formula is C19H21NO5. The van der Waals surface area contributed by atoms with Crippen LogP contribution in [0, 0.1) is 5.92 Å². The van der Waals surface area contributed by atoms with Crippen molar-refractivity contribution in [3.8, 4) is 0 Å². The van der Waals surface area contributed by atoms with Crippen LogP contribution >= 0.6 is 0 Å². The van der Waals surface area contributed by atoms with Gasteiger partial charge in [-0.3, -0.25) is 14.4 Å². The number of esters is 1. The Morgan fingerprint density at radius 2 is 2.04 bits per heavy atom. The minimum absolute atomic E-state index is 0.0879. The molecule has 6 nitrogen and oxygen atoms in total. The Kier molecular flexibility index (Phi) is 5.16. The number of aliphatic carboxylic acids is 1. The molecule has 0 fully saturated rings. The number of carbonyl (C=O) groups excluding carboxylic acids is 2. The number of fused-ring (bicyclic) bond motifs is 3. The van der Waals surface area contributed by atoms with Gasteiger partial charge in [-0.15, -0.1) is 0 Å². The molecule has 25 heavy (non-hydrogen) atoms. The number of carbonyl (C=O) groups is 3. The smallest absolute Gasteiger partial charge is 0.310 e. The molecular weight excluding hydrogens is 322 g/mol. The Balaban J connectivity index is 1.86. The van der Waals surface area contributed by atoms with Gasteiger partial charge in [-0.05, 0) is 24.0 Å². The number of nitrogens with one attached hydrogen (secondary N) is 1. The fourth-order valence-corrected chi connectivity index (χ4v) is 3.40. The zero-order valence-corrected chi connectivity index (χ0v) is 13.8. The van der Waals surface area contributed by atoms with E-state index in [1.165, 1.54) is 0 Å². The van der Waals surface area contributed by atoms with Crippen molar-refractivity contribution in [2.24, 2.45) is 5.92 Å². The van der Waals surface area contributed by atoms with E-state index in [4.69, 9.17) is 9.84 Å². The molecule has 3 atom stereocenters. The lowest BCUT2D eigenvalue weighted by Crippen LogP contribution is -2.37. The molecule has 2 N–H and O–H groups in total. The molecule has 0 bridgehead atoms. The molecule has 0 unspecified atom stereocenters. The third kappa shape index (κ3) is 4.07. The van der Waals surface area contributed by atoms with Crippen molar-refractivity contribution >= 4 is 17.8 Å². The highest BCUT2D eigenvalue weighted by molar-refractivity contribution is 5.80. The highest BCUT2D eigenvalue weighted by Gasteiger charge is 2.37. The molecule has 0 saturated carbocycles. The first-order valence-corrected chi connectivity index (χ1v) is 8.49. The van der Waals surface area contributed by atoms with Crippen LogP contribution in [0.5, 0.6) is 0 Å². The summed E-state index contributed by atoms with van der Waals surface area (Å²) in [6, 6.07) is 7.29. The van der Waals surface area contributed by atoms with Crippen LogP contribution in [-0.2, 0) is 25.5 Å². The van der Waals surface area contributed by atoms with Gasteiger partial charge in [0.1, 0.15) is 6.10 Å². The molecule has 0 saturated heterocycles. The van der Waals surface area contributed by atoms with E-state index in [1.54, 1.807) is 6.08 Å². The van der Waals surface area contributed by atoms with Crippen LogP contribution in [0.2, 0.25) is 0 Å². The molecule has 1 aromatic carbocycles. The van der Waals surface area contributed by atoms with Crippen molar-refractivity contribution in [2.45, 2.75) is 44.2 Å². The fourth-order valence-electron chi connectivity index (χ4n) is 3.40. The fraction of sp³-hybridized carbons (Fsp3) is 0.421. The van der Waals surface area contributed by atoms with E-state index in [0.717, 1.165) is 11.1 Å². The maximum atomic E-state index is 12.5. The van der Waals surface area contributed by atoms with Gasteiger partial charge in [0.2, 0.25) is 5.91 Å². The Morgan fingerprint density at radius 3 is 2.84 bits per heavy atom. The van der Waals surface area contributed by atoms with Crippen LogP contribution in [0.15, 0.2) is 36.4 Å². The lowest BCUT2D eigenvalue weighted by molar-refractivity contribution is -0.159. The quantitative estimate of drug-likeness (QED) is 0.634. The zero-order chi connectivity index (χ0) is 17.8. The summed E-state index contributed by atoms with van der Waals surface area (Å²) in [6.45, 7) is 0. The molecule has 1 amide bonds. The highest BCUT2D eigenvalue weighted by Crippen LogP contribution is 2.34. The molecule has 132 valence electrons. The van der Waals surface area contributed by atoms with Crippen LogP contribution < -0.4 is 5.32 Å². The summed E-state index contributed by atoms with van der Waals surface area (Å²) in [4.78, 5) is 35.7. The van der Waals surface area contributed by atoms with Crippen LogP contribution in [0.1, 0.15) is 42.9 Å². The number of carboxylic acid groups (broad SMARTS) is 1. The van der Waals surface area contributed by atoms with E-state index < -0.39 is 24.0 Å². The van der Waals surface area contributed by atoms with E-state index in [2.05, 4.69) is 5.32 Å². The van der Waals surface area contributed by atoms with Gasteiger partial charge in [0.05, 0.1) is 18.4 Å². The number of carboxylic acids is 1. The highest BCUT2D eigenvalue weighted by atomic mass is 16.5. The summed E-state index contributed by atoms with van der Waals surface area (Å²) in [5.41, 5.74) is 1.99. The molecule has 1 aliphatic heterocycles. The normalized spacial score (nSPS) is 27.8. The van der Waals surface area contributed by atoms with Crippen molar-refractivity contribution in [3.63, 3.8) is 0 Å². The Bertz CT molecular complexity index is 712. The summed E-state index contributed by atoms with van der Waals surface area (Å²) in [5, 5.41) is 12.0. The van der Waals surface area contributed by atoms with Gasteiger partial charge in [-0.2, -0.15) is 0 Å². The second-order valence-corrected chi connectivity index (χ2v) is 6.46. The third-order valence-electron chi connectivity index (χ3n) is 4.65. The second kappa shape index (κ2) is 7.51. The van der Waals surface area contributed by atoms with Crippen LogP contribution in [0.4, 0.5) is 0 Å². The maximum Gasteiger partial charge on any atom is 0.310 e. The predicted molar refractivity (Wildman–Crippen MR) is 89.6 cm³/mol. The van der Waals surface area contributed by atoms with Gasteiger partial charge in [-0.25, -0.2) is 0 Å². The lowest BCUT2D eigenvalue weighted by Gasteiger charge is -2.24. The molecule has 0 aromatic heterocycles. The summed E-state index contributed by atoms with van der Waals surface area (Å²) >= 11 is 0. The van der Waals surface area contributed by atoms with E-state index in [-0.39, 0.29) is 18.4 Å². The third-order valence-corrected chi connectivity index (χ3v) is 4.65. The number of rotatable bonds is 2. The average molecular weight is 343 g/mol. The molecule has 0 spiro atoms. The molecule has 3 rings (SSSR count). The first-order valence-electron chi connectivity index (χ1n) is 8.49. The van der Waals surface area contributed by atoms with Crippen molar-refractivity contribution in [2.75, 3.05) is 0 Å². The zero-order valence-electron chi connectivity index (χ0n) is 13.8. The van der Waals surface area contributed by atoms with Crippen molar-refractivity contribution in [1.82, 2.24) is 5.32 Å². The van der Waals surface area contributed by atoms with E-state index in [9.17, 15) is 14.4 Å². The van der Waals surface area contributed by atoms with Gasteiger partial charge >= 0.3 is 11.9 Å². The predicted octanol–water partition coefficient (Wildman–Crippen LogP) is 2.14. The van der Waals surface area contributed by atoms with Crippen LogP contribution in [0.25, 0.3) is 0 Å². The SMILES string of the molecule is O=C(O)C[C@@H]1C/C=C\CCC(=O)N[C@@H]2c3ccccc3C[C@@H]2OC1=O. The molecule has 0 radical (unpaired) electrons. The molecule has 6 heteroatoms.